The van der Waals surface area contributed by atoms with E-state index >= 15 is 0 Å². The number of nitrogens with one attached hydrogen (secondary N) is 1. The molecule has 0 fully saturated rings. The van der Waals surface area contributed by atoms with Gasteiger partial charge in [0.05, 0.1) is 6.42 Å². The van der Waals surface area contributed by atoms with Gasteiger partial charge in [0.15, 0.2) is 0 Å². The van der Waals surface area contributed by atoms with Gasteiger partial charge in [0.25, 0.3) is 5.56 Å². The van der Waals surface area contributed by atoms with Crippen molar-refractivity contribution in [3.63, 3.8) is 0 Å². The van der Waals surface area contributed by atoms with Crippen LogP contribution in [0, 0.1) is 0 Å². The van der Waals surface area contributed by atoms with E-state index in [1.165, 1.54) is 17.8 Å². The molecule has 0 unspecified atom stereocenters. The van der Waals surface area contributed by atoms with Crippen molar-refractivity contribution in [2.24, 2.45) is 0 Å². The van der Waals surface area contributed by atoms with Crippen molar-refractivity contribution in [1.82, 2.24) is 9.97 Å². The summed E-state index contributed by atoms with van der Waals surface area (Å²) in [6.07, 6.45) is 0.725. The fourth-order valence-corrected chi connectivity index (χ4v) is 1.82. The van der Waals surface area contributed by atoms with Crippen LogP contribution in [0.5, 0.6) is 0 Å². The van der Waals surface area contributed by atoms with Crippen LogP contribution in [0.15, 0.2) is 15.9 Å². The first-order chi connectivity index (χ1) is 7.11. The van der Waals surface area contributed by atoms with Gasteiger partial charge >= 0.3 is 5.97 Å². The van der Waals surface area contributed by atoms with Gasteiger partial charge in [0.1, 0.15) is 10.9 Å². The highest BCUT2D eigenvalue weighted by molar-refractivity contribution is 7.99. The van der Waals surface area contributed by atoms with Gasteiger partial charge in [-0.3, -0.25) is 9.59 Å². The number of H-pyrrole nitrogens is 1. The Morgan fingerprint density at radius 2 is 2.40 bits per heavy atom. The second-order valence-electron chi connectivity index (χ2n) is 2.88. The Kier molecular flexibility index (Phi) is 4.36. The molecule has 2 N–H and O–H groups in total. The Balaban J connectivity index is 2.64. The van der Waals surface area contributed by atoms with Gasteiger partial charge in [-0.25, -0.2) is 4.98 Å². The fourth-order valence-electron chi connectivity index (χ4n) is 0.968. The van der Waals surface area contributed by atoms with E-state index in [0.717, 1.165) is 0 Å². The number of aromatic amines is 1. The predicted molar refractivity (Wildman–Crippen MR) is 57.2 cm³/mol. The summed E-state index contributed by atoms with van der Waals surface area (Å²) in [6.45, 7) is 1.89. The van der Waals surface area contributed by atoms with Crippen molar-refractivity contribution in [3.05, 3.63) is 22.2 Å². The molecule has 6 heteroatoms. The number of carboxylic acids is 1. The molecule has 1 aromatic rings. The standard InChI is InChI=1S/C9H12N2O3S/c1-2-6-10-7(12)5-8(11-6)15-4-3-9(13)14/h5H,2-4H2,1H3,(H,13,14)(H,10,11,12). The third-order valence-corrected chi connectivity index (χ3v) is 2.58. The topological polar surface area (TPSA) is 83.0 Å². The molecule has 5 nitrogen and oxygen atoms in total. The summed E-state index contributed by atoms with van der Waals surface area (Å²) in [5, 5.41) is 9.03. The van der Waals surface area contributed by atoms with E-state index in [1.807, 2.05) is 6.92 Å². The number of aromatic nitrogens is 2. The minimum absolute atomic E-state index is 0.0700. The lowest BCUT2D eigenvalue weighted by Crippen LogP contribution is -2.10. The van der Waals surface area contributed by atoms with Crippen molar-refractivity contribution < 1.29 is 9.90 Å². The Morgan fingerprint density at radius 1 is 1.67 bits per heavy atom. The van der Waals surface area contributed by atoms with Crippen LogP contribution in [0.1, 0.15) is 19.2 Å². The molecule has 15 heavy (non-hydrogen) atoms. The highest BCUT2D eigenvalue weighted by Crippen LogP contribution is 2.14. The molecule has 0 radical (unpaired) electrons. The first kappa shape index (κ1) is 11.8. The van der Waals surface area contributed by atoms with Gasteiger partial charge in [-0.1, -0.05) is 6.92 Å². The summed E-state index contributed by atoms with van der Waals surface area (Å²) >= 11 is 1.28. The molecule has 0 atom stereocenters. The van der Waals surface area contributed by atoms with Crippen LogP contribution in [0.3, 0.4) is 0 Å². The highest BCUT2D eigenvalue weighted by Gasteiger charge is 2.02. The molecular weight excluding hydrogens is 216 g/mol. The summed E-state index contributed by atoms with van der Waals surface area (Å²) in [6, 6.07) is 1.38. The average Bonchev–Trinajstić information content (AvgIpc) is 2.16. The molecule has 0 saturated heterocycles. The van der Waals surface area contributed by atoms with Crippen molar-refractivity contribution in [1.29, 1.82) is 0 Å². The largest absolute Gasteiger partial charge is 0.481 e. The number of rotatable bonds is 5. The number of hydrogen-bond donors (Lipinski definition) is 2. The second kappa shape index (κ2) is 5.55. The summed E-state index contributed by atoms with van der Waals surface area (Å²) in [7, 11) is 0. The number of thioether (sulfide) groups is 1. The van der Waals surface area contributed by atoms with E-state index in [4.69, 9.17) is 5.11 Å². The van der Waals surface area contributed by atoms with Crippen LogP contribution in [0.25, 0.3) is 0 Å². The molecule has 1 aromatic heterocycles. The van der Waals surface area contributed by atoms with Crippen molar-refractivity contribution >= 4 is 17.7 Å². The Morgan fingerprint density at radius 3 is 3.00 bits per heavy atom. The first-order valence-electron chi connectivity index (χ1n) is 4.56. The van der Waals surface area contributed by atoms with Crippen LogP contribution in [-0.2, 0) is 11.2 Å². The van der Waals surface area contributed by atoms with E-state index in [1.54, 1.807) is 0 Å². The zero-order valence-electron chi connectivity index (χ0n) is 8.32. The maximum Gasteiger partial charge on any atom is 0.304 e. The van der Waals surface area contributed by atoms with Gasteiger partial charge in [0, 0.05) is 18.2 Å². The van der Waals surface area contributed by atoms with Crippen molar-refractivity contribution in [3.8, 4) is 0 Å². The molecule has 0 amide bonds. The molecule has 1 heterocycles. The number of aliphatic carboxylic acids is 1. The summed E-state index contributed by atoms with van der Waals surface area (Å²) in [5.74, 6) is 0.206. The number of aryl methyl sites for hydroxylation is 1. The second-order valence-corrected chi connectivity index (χ2v) is 3.99. The Labute approximate surface area is 90.9 Å². The fraction of sp³-hybridized carbons (Fsp3) is 0.444. The maximum atomic E-state index is 11.1. The third-order valence-electron chi connectivity index (χ3n) is 1.67. The molecule has 0 aromatic carbocycles. The predicted octanol–water partition coefficient (Wildman–Crippen LogP) is 0.899. The minimum atomic E-state index is -0.844. The highest BCUT2D eigenvalue weighted by atomic mass is 32.2. The van der Waals surface area contributed by atoms with Gasteiger partial charge < -0.3 is 10.1 Å². The van der Waals surface area contributed by atoms with Gasteiger partial charge in [-0.15, -0.1) is 11.8 Å². The smallest absolute Gasteiger partial charge is 0.304 e. The van der Waals surface area contributed by atoms with Crippen LogP contribution in [0.2, 0.25) is 0 Å². The lowest BCUT2D eigenvalue weighted by molar-refractivity contribution is -0.136. The first-order valence-corrected chi connectivity index (χ1v) is 5.55. The number of hydrogen-bond acceptors (Lipinski definition) is 4. The van der Waals surface area contributed by atoms with Crippen molar-refractivity contribution in [2.45, 2.75) is 24.8 Å². The molecule has 1 rings (SSSR count). The lowest BCUT2D eigenvalue weighted by Gasteiger charge is -2.00. The summed E-state index contributed by atoms with van der Waals surface area (Å²) in [5.41, 5.74) is -0.195. The van der Waals surface area contributed by atoms with Gasteiger partial charge in [0.2, 0.25) is 0 Å². The van der Waals surface area contributed by atoms with Gasteiger partial charge in [-0.2, -0.15) is 0 Å². The van der Waals surface area contributed by atoms with E-state index in [0.29, 0.717) is 23.0 Å². The molecule has 0 spiro atoms. The molecule has 0 aliphatic carbocycles. The summed E-state index contributed by atoms with van der Waals surface area (Å²) < 4.78 is 0. The van der Waals surface area contributed by atoms with E-state index in [2.05, 4.69) is 9.97 Å². The SMILES string of the molecule is CCc1nc(SCCC(=O)O)cc(=O)[nH]1. The van der Waals surface area contributed by atoms with Crippen LogP contribution >= 0.6 is 11.8 Å². The van der Waals surface area contributed by atoms with Crippen molar-refractivity contribution in [2.75, 3.05) is 5.75 Å². The van der Waals surface area contributed by atoms with Crippen LogP contribution in [0.4, 0.5) is 0 Å². The van der Waals surface area contributed by atoms with E-state index < -0.39 is 5.97 Å². The minimum Gasteiger partial charge on any atom is -0.481 e. The van der Waals surface area contributed by atoms with E-state index in [9.17, 15) is 9.59 Å². The summed E-state index contributed by atoms with van der Waals surface area (Å²) in [4.78, 5) is 28.2. The molecule has 0 saturated carbocycles. The van der Waals surface area contributed by atoms with Crippen LogP contribution < -0.4 is 5.56 Å². The molecule has 82 valence electrons. The molecular formula is C9H12N2O3S. The molecule has 0 aliphatic heterocycles. The van der Waals surface area contributed by atoms with E-state index in [-0.39, 0.29) is 12.0 Å². The maximum absolute atomic E-state index is 11.1. The zero-order chi connectivity index (χ0) is 11.3. The number of nitrogens with zero attached hydrogens (tertiary/aromatic N) is 1. The lowest BCUT2D eigenvalue weighted by atomic mass is 10.4. The molecule has 0 bridgehead atoms. The quantitative estimate of drug-likeness (QED) is 0.578. The normalized spacial score (nSPS) is 10.2. The van der Waals surface area contributed by atoms with Crippen LogP contribution in [-0.4, -0.2) is 26.8 Å². The molecule has 0 aliphatic rings. The average molecular weight is 228 g/mol. The zero-order valence-corrected chi connectivity index (χ0v) is 9.13. The monoisotopic (exact) mass is 228 g/mol. The Bertz CT molecular complexity index is 403. The third kappa shape index (κ3) is 4.16. The number of carboxylic acid groups (broad SMARTS) is 1. The Hall–Kier alpha value is -1.30. The number of carbonyl (C=O) groups is 1. The van der Waals surface area contributed by atoms with Gasteiger partial charge in [-0.05, 0) is 0 Å².